The Morgan fingerprint density at radius 2 is 1.36 bits per heavy atom. The first-order chi connectivity index (χ1) is 5.06. The number of hydrogen-bond acceptors (Lipinski definition) is 1. The van der Waals surface area contributed by atoms with Crippen molar-refractivity contribution >= 4 is 10.5 Å². The molecule has 0 fully saturated rings. The molecule has 0 saturated carbocycles. The van der Waals surface area contributed by atoms with Crippen LogP contribution in [-0.2, 0) is 4.43 Å². The van der Waals surface area contributed by atoms with E-state index in [9.17, 15) is 0 Å². The SMILES string of the molecule is CC(C)CC(CC(C)C)O[SiH3]. The molecule has 0 saturated heterocycles. The number of rotatable bonds is 5. The van der Waals surface area contributed by atoms with Crippen LogP contribution in [-0.4, -0.2) is 16.6 Å². The summed E-state index contributed by atoms with van der Waals surface area (Å²) in [7, 11) is 0.883. The van der Waals surface area contributed by atoms with Crippen molar-refractivity contribution in [3.8, 4) is 0 Å². The summed E-state index contributed by atoms with van der Waals surface area (Å²) in [4.78, 5) is 0. The highest BCUT2D eigenvalue weighted by Crippen LogP contribution is 2.15. The molecular formula is C9H22OSi. The lowest BCUT2D eigenvalue weighted by Crippen LogP contribution is -2.16. The molecule has 0 aromatic carbocycles. The van der Waals surface area contributed by atoms with E-state index in [0.29, 0.717) is 6.10 Å². The quantitative estimate of drug-likeness (QED) is 0.577. The Balaban J connectivity index is 3.58. The maximum atomic E-state index is 5.51. The molecule has 0 radical (unpaired) electrons. The van der Waals surface area contributed by atoms with Crippen LogP contribution in [0, 0.1) is 11.8 Å². The second-order valence-corrected chi connectivity index (χ2v) is 4.59. The molecule has 0 bridgehead atoms. The van der Waals surface area contributed by atoms with E-state index in [0.717, 1.165) is 22.3 Å². The molecule has 0 unspecified atom stereocenters. The Hall–Kier alpha value is 0.177. The third kappa shape index (κ3) is 6.57. The molecule has 0 N–H and O–H groups in total. The van der Waals surface area contributed by atoms with E-state index >= 15 is 0 Å². The summed E-state index contributed by atoms with van der Waals surface area (Å²) in [5, 5.41) is 0. The minimum atomic E-state index is 0.529. The Morgan fingerprint density at radius 1 is 1.00 bits per heavy atom. The predicted octanol–water partition coefficient (Wildman–Crippen LogP) is 1.74. The minimum absolute atomic E-state index is 0.529. The molecule has 0 aromatic heterocycles. The van der Waals surface area contributed by atoms with Gasteiger partial charge in [0.05, 0.1) is 0 Å². The smallest absolute Gasteiger partial charge is 0.146 e. The van der Waals surface area contributed by atoms with Gasteiger partial charge in [0.25, 0.3) is 0 Å². The third-order valence-corrected chi connectivity index (χ3v) is 2.47. The van der Waals surface area contributed by atoms with E-state index in [-0.39, 0.29) is 0 Å². The predicted molar refractivity (Wildman–Crippen MR) is 53.7 cm³/mol. The Morgan fingerprint density at radius 3 is 1.55 bits per heavy atom. The van der Waals surface area contributed by atoms with Crippen LogP contribution in [0.2, 0.25) is 0 Å². The largest absolute Gasteiger partial charge is 0.425 e. The van der Waals surface area contributed by atoms with Gasteiger partial charge in [-0.05, 0) is 24.7 Å². The average Bonchev–Trinajstić information content (AvgIpc) is 1.84. The zero-order valence-corrected chi connectivity index (χ0v) is 10.6. The summed E-state index contributed by atoms with van der Waals surface area (Å²) in [6, 6.07) is 0. The lowest BCUT2D eigenvalue weighted by atomic mass is 9.98. The van der Waals surface area contributed by atoms with E-state index in [1.165, 1.54) is 12.8 Å². The minimum Gasteiger partial charge on any atom is -0.425 e. The van der Waals surface area contributed by atoms with Gasteiger partial charge in [-0.3, -0.25) is 0 Å². The van der Waals surface area contributed by atoms with Crippen LogP contribution in [0.25, 0.3) is 0 Å². The molecule has 0 rings (SSSR count). The van der Waals surface area contributed by atoms with Gasteiger partial charge in [-0.2, -0.15) is 0 Å². The van der Waals surface area contributed by atoms with Crippen molar-refractivity contribution < 1.29 is 4.43 Å². The molecular weight excluding hydrogens is 152 g/mol. The van der Waals surface area contributed by atoms with Crippen molar-refractivity contribution in [1.82, 2.24) is 0 Å². The molecule has 11 heavy (non-hydrogen) atoms. The van der Waals surface area contributed by atoms with E-state index in [2.05, 4.69) is 27.7 Å². The summed E-state index contributed by atoms with van der Waals surface area (Å²) in [5.41, 5.74) is 0. The standard InChI is InChI=1S/C9H22OSi/c1-7(2)5-9(10-11)6-8(3)4/h7-9H,5-6H2,1-4,11H3. The van der Waals surface area contributed by atoms with Gasteiger partial charge in [-0.25, -0.2) is 0 Å². The van der Waals surface area contributed by atoms with Gasteiger partial charge >= 0.3 is 0 Å². The Bertz CT molecular complexity index is 81.6. The molecule has 1 nitrogen and oxygen atoms in total. The summed E-state index contributed by atoms with van der Waals surface area (Å²) in [6.45, 7) is 9.03. The normalized spacial score (nSPS) is 12.3. The van der Waals surface area contributed by atoms with Crippen LogP contribution in [0.4, 0.5) is 0 Å². The molecule has 0 spiro atoms. The molecule has 0 atom stereocenters. The summed E-state index contributed by atoms with van der Waals surface area (Å²) in [5.74, 6) is 1.54. The topological polar surface area (TPSA) is 9.23 Å². The van der Waals surface area contributed by atoms with Crippen LogP contribution in [0.3, 0.4) is 0 Å². The monoisotopic (exact) mass is 174 g/mol. The van der Waals surface area contributed by atoms with E-state index < -0.39 is 0 Å². The van der Waals surface area contributed by atoms with Crippen LogP contribution >= 0.6 is 0 Å². The van der Waals surface area contributed by atoms with Crippen molar-refractivity contribution in [2.75, 3.05) is 0 Å². The second-order valence-electron chi connectivity index (χ2n) is 4.12. The lowest BCUT2D eigenvalue weighted by molar-refractivity contribution is 0.164. The molecule has 68 valence electrons. The van der Waals surface area contributed by atoms with Gasteiger partial charge in [0.2, 0.25) is 0 Å². The molecule has 0 heterocycles. The fourth-order valence-corrected chi connectivity index (χ4v) is 1.73. The summed E-state index contributed by atoms with van der Waals surface area (Å²) >= 11 is 0. The van der Waals surface area contributed by atoms with E-state index in [1.807, 2.05) is 0 Å². The van der Waals surface area contributed by atoms with Gasteiger partial charge in [0, 0.05) is 6.10 Å². The van der Waals surface area contributed by atoms with Crippen LogP contribution < -0.4 is 0 Å². The van der Waals surface area contributed by atoms with E-state index in [4.69, 9.17) is 4.43 Å². The average molecular weight is 174 g/mol. The van der Waals surface area contributed by atoms with Crippen molar-refractivity contribution in [3.63, 3.8) is 0 Å². The third-order valence-electron chi connectivity index (χ3n) is 1.80. The first-order valence-corrected chi connectivity index (χ1v) is 5.40. The summed E-state index contributed by atoms with van der Waals surface area (Å²) < 4.78 is 5.51. The van der Waals surface area contributed by atoms with Gasteiger partial charge in [-0.15, -0.1) is 0 Å². The molecule has 0 aliphatic heterocycles. The number of hydrogen-bond donors (Lipinski definition) is 0. The maximum Gasteiger partial charge on any atom is 0.146 e. The van der Waals surface area contributed by atoms with E-state index in [1.54, 1.807) is 0 Å². The highest BCUT2D eigenvalue weighted by atomic mass is 28.2. The highest BCUT2D eigenvalue weighted by molar-refractivity contribution is 5.98. The van der Waals surface area contributed by atoms with Crippen LogP contribution in [0.5, 0.6) is 0 Å². The van der Waals surface area contributed by atoms with Gasteiger partial charge in [0.1, 0.15) is 10.5 Å². The Labute approximate surface area is 74.1 Å². The maximum absolute atomic E-state index is 5.51. The van der Waals surface area contributed by atoms with Gasteiger partial charge in [-0.1, -0.05) is 27.7 Å². The fraction of sp³-hybridized carbons (Fsp3) is 1.00. The highest BCUT2D eigenvalue weighted by Gasteiger charge is 2.10. The fourth-order valence-electron chi connectivity index (χ4n) is 1.34. The second kappa shape index (κ2) is 5.78. The summed E-state index contributed by atoms with van der Waals surface area (Å²) in [6.07, 6.45) is 2.98. The first-order valence-electron chi connectivity index (χ1n) is 4.59. The van der Waals surface area contributed by atoms with Crippen molar-refractivity contribution in [2.45, 2.75) is 46.6 Å². The van der Waals surface area contributed by atoms with Gasteiger partial charge < -0.3 is 4.43 Å². The molecule has 0 aromatic rings. The molecule has 0 aliphatic carbocycles. The molecule has 0 amide bonds. The Kier molecular flexibility index (Phi) is 5.87. The van der Waals surface area contributed by atoms with Gasteiger partial charge in [0.15, 0.2) is 0 Å². The molecule has 2 heteroatoms. The lowest BCUT2D eigenvalue weighted by Gasteiger charge is -2.19. The van der Waals surface area contributed by atoms with Crippen molar-refractivity contribution in [3.05, 3.63) is 0 Å². The zero-order valence-electron chi connectivity index (χ0n) is 8.55. The zero-order chi connectivity index (χ0) is 8.85. The van der Waals surface area contributed by atoms with Crippen molar-refractivity contribution in [1.29, 1.82) is 0 Å². The van der Waals surface area contributed by atoms with Crippen LogP contribution in [0.15, 0.2) is 0 Å². The first kappa shape index (κ1) is 11.2. The molecule has 0 aliphatic rings. The van der Waals surface area contributed by atoms with Crippen LogP contribution in [0.1, 0.15) is 40.5 Å². The van der Waals surface area contributed by atoms with Crippen molar-refractivity contribution in [2.24, 2.45) is 11.8 Å².